The second-order valence-corrected chi connectivity index (χ2v) is 4.11. The number of hydrogen-bond donors (Lipinski definition) is 1. The second kappa shape index (κ2) is 7.23. The Balaban J connectivity index is 2.33. The molecule has 0 amide bonds. The number of aromatic nitrogens is 1. The number of hydrogen-bond acceptors (Lipinski definition) is 3. The summed E-state index contributed by atoms with van der Waals surface area (Å²) in [7, 11) is 0. The van der Waals surface area contributed by atoms with Crippen molar-refractivity contribution in [3.05, 3.63) is 23.9 Å². The first-order valence-corrected chi connectivity index (χ1v) is 6.04. The Kier molecular flexibility index (Phi) is 5.86. The Morgan fingerprint density at radius 2 is 2.19 bits per heavy atom. The molecule has 3 heteroatoms. The van der Waals surface area contributed by atoms with E-state index in [1.54, 1.807) is 0 Å². The van der Waals surface area contributed by atoms with Crippen LogP contribution < -0.4 is 10.1 Å². The fraction of sp³-hybridized carbons (Fsp3) is 0.615. The van der Waals surface area contributed by atoms with E-state index in [1.165, 1.54) is 0 Å². The molecule has 0 unspecified atom stereocenters. The molecule has 16 heavy (non-hydrogen) atoms. The predicted octanol–water partition coefficient (Wildman–Crippen LogP) is 2.58. The van der Waals surface area contributed by atoms with Crippen molar-refractivity contribution in [1.82, 2.24) is 10.3 Å². The van der Waals surface area contributed by atoms with Crippen LogP contribution in [0.25, 0.3) is 0 Å². The van der Waals surface area contributed by atoms with Gasteiger partial charge in [-0.25, -0.2) is 4.98 Å². The van der Waals surface area contributed by atoms with E-state index in [0.29, 0.717) is 5.92 Å². The van der Waals surface area contributed by atoms with Gasteiger partial charge in [0.15, 0.2) is 0 Å². The molecule has 0 fully saturated rings. The first-order valence-electron chi connectivity index (χ1n) is 6.04. The Morgan fingerprint density at radius 3 is 2.88 bits per heavy atom. The van der Waals surface area contributed by atoms with Crippen LogP contribution in [-0.2, 0) is 0 Å². The lowest BCUT2D eigenvalue weighted by Gasteiger charge is -2.08. The maximum Gasteiger partial charge on any atom is 0.213 e. The Hall–Kier alpha value is -1.09. The molecular weight excluding hydrogens is 200 g/mol. The van der Waals surface area contributed by atoms with E-state index in [1.807, 2.05) is 18.2 Å². The first-order chi connectivity index (χ1) is 7.74. The molecule has 0 aliphatic rings. The van der Waals surface area contributed by atoms with Crippen LogP contribution in [0.2, 0.25) is 0 Å². The smallest absolute Gasteiger partial charge is 0.213 e. The average molecular weight is 222 g/mol. The second-order valence-electron chi connectivity index (χ2n) is 4.11. The normalized spacial score (nSPS) is 10.8. The third-order valence-corrected chi connectivity index (χ3v) is 2.33. The van der Waals surface area contributed by atoms with Gasteiger partial charge in [0.25, 0.3) is 0 Å². The summed E-state index contributed by atoms with van der Waals surface area (Å²) in [5.74, 6) is 1.19. The van der Waals surface area contributed by atoms with Crippen molar-refractivity contribution in [2.75, 3.05) is 19.7 Å². The maximum atomic E-state index is 5.59. The molecule has 1 rings (SSSR count). The fourth-order valence-electron chi connectivity index (χ4n) is 1.38. The molecule has 0 aliphatic heterocycles. The summed E-state index contributed by atoms with van der Waals surface area (Å²) in [4.78, 5) is 4.45. The van der Waals surface area contributed by atoms with Gasteiger partial charge in [0.05, 0.1) is 6.61 Å². The topological polar surface area (TPSA) is 34.1 Å². The molecule has 1 heterocycles. The van der Waals surface area contributed by atoms with Gasteiger partial charge >= 0.3 is 0 Å². The Bertz CT molecular complexity index is 300. The lowest BCUT2D eigenvalue weighted by atomic mass is 10.1. The van der Waals surface area contributed by atoms with Crippen LogP contribution in [0.1, 0.15) is 38.8 Å². The van der Waals surface area contributed by atoms with Gasteiger partial charge in [0.1, 0.15) is 0 Å². The molecule has 1 aromatic rings. The van der Waals surface area contributed by atoms with E-state index >= 15 is 0 Å². The number of ether oxygens (including phenoxy) is 1. The number of rotatable bonds is 7. The zero-order chi connectivity index (χ0) is 11.8. The van der Waals surface area contributed by atoms with E-state index in [9.17, 15) is 0 Å². The molecule has 1 N–H and O–H groups in total. The molecule has 0 saturated heterocycles. The van der Waals surface area contributed by atoms with Crippen LogP contribution in [0.4, 0.5) is 0 Å². The quantitative estimate of drug-likeness (QED) is 0.720. The van der Waals surface area contributed by atoms with Gasteiger partial charge in [-0.2, -0.15) is 0 Å². The summed E-state index contributed by atoms with van der Waals surface area (Å²) >= 11 is 0. The van der Waals surface area contributed by atoms with Crippen molar-refractivity contribution >= 4 is 0 Å². The molecule has 0 spiro atoms. The SMILES string of the molecule is CCNCCCOc1cccc(C(C)C)n1. The van der Waals surface area contributed by atoms with Gasteiger partial charge in [-0.1, -0.05) is 26.8 Å². The molecular formula is C13H22N2O. The highest BCUT2D eigenvalue weighted by Crippen LogP contribution is 2.15. The largest absolute Gasteiger partial charge is 0.478 e. The lowest BCUT2D eigenvalue weighted by molar-refractivity contribution is 0.296. The highest BCUT2D eigenvalue weighted by molar-refractivity contribution is 5.17. The van der Waals surface area contributed by atoms with Crippen LogP contribution in [-0.4, -0.2) is 24.7 Å². The molecule has 0 radical (unpaired) electrons. The van der Waals surface area contributed by atoms with Crippen LogP contribution in [0, 0.1) is 0 Å². The highest BCUT2D eigenvalue weighted by Gasteiger charge is 2.02. The van der Waals surface area contributed by atoms with E-state index < -0.39 is 0 Å². The zero-order valence-corrected chi connectivity index (χ0v) is 10.5. The molecule has 0 bridgehead atoms. The van der Waals surface area contributed by atoms with Gasteiger partial charge in [-0.3, -0.25) is 0 Å². The van der Waals surface area contributed by atoms with E-state index in [2.05, 4.69) is 31.1 Å². The summed E-state index contributed by atoms with van der Waals surface area (Å²) in [6.07, 6.45) is 1.02. The first kappa shape index (κ1) is 13.0. The molecule has 1 aromatic heterocycles. The maximum absolute atomic E-state index is 5.59. The van der Waals surface area contributed by atoms with Crippen molar-refractivity contribution in [2.24, 2.45) is 0 Å². The summed E-state index contributed by atoms with van der Waals surface area (Å²) in [6, 6.07) is 5.96. The third kappa shape index (κ3) is 4.62. The van der Waals surface area contributed by atoms with Crippen LogP contribution >= 0.6 is 0 Å². The summed E-state index contributed by atoms with van der Waals surface area (Å²) in [5.41, 5.74) is 1.09. The Morgan fingerprint density at radius 1 is 1.38 bits per heavy atom. The van der Waals surface area contributed by atoms with Crippen molar-refractivity contribution in [1.29, 1.82) is 0 Å². The number of nitrogens with one attached hydrogen (secondary N) is 1. The molecule has 0 saturated carbocycles. The fourth-order valence-corrected chi connectivity index (χ4v) is 1.38. The minimum atomic E-state index is 0.449. The minimum absolute atomic E-state index is 0.449. The van der Waals surface area contributed by atoms with Crippen molar-refractivity contribution in [3.63, 3.8) is 0 Å². The number of nitrogens with zero attached hydrogens (tertiary/aromatic N) is 1. The van der Waals surface area contributed by atoms with E-state index in [4.69, 9.17) is 4.74 Å². The van der Waals surface area contributed by atoms with Crippen LogP contribution in [0.3, 0.4) is 0 Å². The summed E-state index contributed by atoms with van der Waals surface area (Å²) in [6.45, 7) is 9.12. The average Bonchev–Trinajstić information content (AvgIpc) is 2.29. The van der Waals surface area contributed by atoms with Gasteiger partial charge in [-0.05, 0) is 31.5 Å². The molecule has 0 aromatic carbocycles. The highest BCUT2D eigenvalue weighted by atomic mass is 16.5. The van der Waals surface area contributed by atoms with Crippen molar-refractivity contribution < 1.29 is 4.74 Å². The summed E-state index contributed by atoms with van der Waals surface area (Å²) in [5, 5.41) is 3.26. The van der Waals surface area contributed by atoms with E-state index in [0.717, 1.165) is 37.7 Å². The Labute approximate surface area is 98.2 Å². The standard InChI is InChI=1S/C13H22N2O/c1-4-14-9-6-10-16-13-8-5-7-12(15-13)11(2)3/h5,7-8,11,14H,4,6,9-10H2,1-3H3. The van der Waals surface area contributed by atoms with Crippen molar-refractivity contribution in [3.8, 4) is 5.88 Å². The molecule has 0 atom stereocenters. The number of pyridine rings is 1. The van der Waals surface area contributed by atoms with Gasteiger partial charge < -0.3 is 10.1 Å². The minimum Gasteiger partial charge on any atom is -0.478 e. The zero-order valence-electron chi connectivity index (χ0n) is 10.5. The third-order valence-electron chi connectivity index (χ3n) is 2.33. The van der Waals surface area contributed by atoms with Gasteiger partial charge in [0, 0.05) is 11.8 Å². The van der Waals surface area contributed by atoms with Crippen LogP contribution in [0.15, 0.2) is 18.2 Å². The molecule has 90 valence electrons. The van der Waals surface area contributed by atoms with Crippen LogP contribution in [0.5, 0.6) is 5.88 Å². The summed E-state index contributed by atoms with van der Waals surface area (Å²) < 4.78 is 5.59. The predicted molar refractivity (Wildman–Crippen MR) is 67.0 cm³/mol. The monoisotopic (exact) mass is 222 g/mol. The van der Waals surface area contributed by atoms with E-state index in [-0.39, 0.29) is 0 Å². The molecule has 0 aliphatic carbocycles. The molecule has 3 nitrogen and oxygen atoms in total. The van der Waals surface area contributed by atoms with Crippen molar-refractivity contribution in [2.45, 2.75) is 33.1 Å². The van der Waals surface area contributed by atoms with Gasteiger partial charge in [0.2, 0.25) is 5.88 Å². The lowest BCUT2D eigenvalue weighted by Crippen LogP contribution is -2.16. The van der Waals surface area contributed by atoms with Gasteiger partial charge in [-0.15, -0.1) is 0 Å².